The topological polar surface area (TPSA) is 77.2 Å². The summed E-state index contributed by atoms with van der Waals surface area (Å²) in [6.07, 6.45) is 2.72. The van der Waals surface area contributed by atoms with E-state index < -0.39 is 0 Å². The number of benzene rings is 1. The molecule has 1 N–H and O–H groups in total. The molecule has 0 spiro atoms. The van der Waals surface area contributed by atoms with Gasteiger partial charge in [0.25, 0.3) is 0 Å². The van der Waals surface area contributed by atoms with Crippen molar-refractivity contribution >= 4 is 16.8 Å². The van der Waals surface area contributed by atoms with Crippen LogP contribution in [0.25, 0.3) is 10.9 Å². The Morgan fingerprint density at radius 2 is 2.07 bits per heavy atom. The van der Waals surface area contributed by atoms with E-state index in [1.165, 1.54) is 0 Å². The SMILES string of the molecule is Cc1noc(C)c1CCC(=O)NCC#CCOc1cccc2cccnc12. The molecule has 2 heterocycles. The highest BCUT2D eigenvalue weighted by Crippen LogP contribution is 2.22. The minimum absolute atomic E-state index is 0.0523. The third-order valence-corrected chi connectivity index (χ3v) is 4.18. The second kappa shape index (κ2) is 8.86. The number of hydrogen-bond acceptors (Lipinski definition) is 5. The zero-order valence-electron chi connectivity index (χ0n) is 15.4. The predicted molar refractivity (Wildman–Crippen MR) is 102 cm³/mol. The van der Waals surface area contributed by atoms with Crippen LogP contribution in [-0.4, -0.2) is 29.2 Å². The number of fused-ring (bicyclic) bond motifs is 1. The van der Waals surface area contributed by atoms with E-state index in [0.29, 0.717) is 18.6 Å². The summed E-state index contributed by atoms with van der Waals surface area (Å²) in [5.41, 5.74) is 2.64. The number of ether oxygens (including phenoxy) is 1. The van der Waals surface area contributed by atoms with Crippen molar-refractivity contribution in [3.8, 4) is 17.6 Å². The number of pyridine rings is 1. The standard InChI is InChI=1S/C21H21N3O3/c1-15-18(16(2)27-24-15)10-11-20(25)22-12-3-4-14-26-19-9-5-7-17-8-6-13-23-21(17)19/h5-9,13H,10-12,14H2,1-2H3,(H,22,25). The Morgan fingerprint density at radius 1 is 1.22 bits per heavy atom. The second-order valence-corrected chi connectivity index (χ2v) is 6.05. The number of carbonyl (C=O) groups is 1. The summed E-state index contributed by atoms with van der Waals surface area (Å²) in [5, 5.41) is 7.69. The van der Waals surface area contributed by atoms with Crippen molar-refractivity contribution in [1.82, 2.24) is 15.5 Å². The van der Waals surface area contributed by atoms with Gasteiger partial charge in [-0.1, -0.05) is 35.2 Å². The van der Waals surface area contributed by atoms with Crippen molar-refractivity contribution < 1.29 is 14.1 Å². The Kier molecular flexibility index (Phi) is 6.06. The fraction of sp³-hybridized carbons (Fsp3) is 0.286. The molecular weight excluding hydrogens is 342 g/mol. The van der Waals surface area contributed by atoms with Crippen LogP contribution in [0.2, 0.25) is 0 Å². The van der Waals surface area contributed by atoms with E-state index in [1.54, 1.807) is 6.20 Å². The first-order valence-corrected chi connectivity index (χ1v) is 8.76. The maximum Gasteiger partial charge on any atom is 0.221 e. The smallest absolute Gasteiger partial charge is 0.221 e. The number of para-hydroxylation sites is 1. The molecule has 138 valence electrons. The van der Waals surface area contributed by atoms with Crippen LogP contribution in [0.3, 0.4) is 0 Å². The van der Waals surface area contributed by atoms with E-state index in [0.717, 1.165) is 27.9 Å². The third kappa shape index (κ3) is 4.85. The summed E-state index contributed by atoms with van der Waals surface area (Å²) >= 11 is 0. The maximum atomic E-state index is 11.9. The molecule has 27 heavy (non-hydrogen) atoms. The van der Waals surface area contributed by atoms with Gasteiger partial charge in [-0.15, -0.1) is 0 Å². The molecule has 0 fully saturated rings. The van der Waals surface area contributed by atoms with Crippen LogP contribution in [0.1, 0.15) is 23.4 Å². The minimum atomic E-state index is -0.0523. The van der Waals surface area contributed by atoms with Crippen molar-refractivity contribution in [2.24, 2.45) is 0 Å². The highest BCUT2D eigenvalue weighted by atomic mass is 16.5. The van der Waals surface area contributed by atoms with Gasteiger partial charge in [0, 0.05) is 23.6 Å². The van der Waals surface area contributed by atoms with Crippen molar-refractivity contribution in [3.63, 3.8) is 0 Å². The zero-order valence-corrected chi connectivity index (χ0v) is 15.4. The number of nitrogens with one attached hydrogen (secondary N) is 1. The minimum Gasteiger partial charge on any atom is -0.479 e. The molecule has 0 unspecified atom stereocenters. The summed E-state index contributed by atoms with van der Waals surface area (Å²) in [6, 6.07) is 9.65. The van der Waals surface area contributed by atoms with Gasteiger partial charge in [0.1, 0.15) is 23.6 Å². The summed E-state index contributed by atoms with van der Waals surface area (Å²) in [6.45, 7) is 4.26. The maximum absolute atomic E-state index is 11.9. The van der Waals surface area contributed by atoms with Crippen molar-refractivity contribution in [2.75, 3.05) is 13.2 Å². The van der Waals surface area contributed by atoms with Crippen LogP contribution in [0, 0.1) is 25.7 Å². The Balaban J connectivity index is 1.41. The highest BCUT2D eigenvalue weighted by Gasteiger charge is 2.10. The first kappa shape index (κ1) is 18.5. The summed E-state index contributed by atoms with van der Waals surface area (Å²) in [5.74, 6) is 7.21. The molecule has 3 rings (SSSR count). The van der Waals surface area contributed by atoms with Crippen LogP contribution in [0.4, 0.5) is 0 Å². The van der Waals surface area contributed by atoms with Crippen LogP contribution >= 0.6 is 0 Å². The number of aromatic nitrogens is 2. The van der Waals surface area contributed by atoms with E-state index in [2.05, 4.69) is 27.3 Å². The molecule has 6 nitrogen and oxygen atoms in total. The molecule has 6 heteroatoms. The van der Waals surface area contributed by atoms with Crippen molar-refractivity contribution in [2.45, 2.75) is 26.7 Å². The Morgan fingerprint density at radius 3 is 2.89 bits per heavy atom. The van der Waals surface area contributed by atoms with Gasteiger partial charge in [-0.05, 0) is 32.4 Å². The Labute approximate surface area is 157 Å². The molecule has 0 aliphatic heterocycles. The first-order valence-electron chi connectivity index (χ1n) is 8.76. The number of carbonyl (C=O) groups excluding carboxylic acids is 1. The van der Waals surface area contributed by atoms with E-state index >= 15 is 0 Å². The molecule has 0 aliphatic carbocycles. The van der Waals surface area contributed by atoms with Crippen LogP contribution in [0.5, 0.6) is 5.75 Å². The van der Waals surface area contributed by atoms with E-state index in [1.807, 2.05) is 44.2 Å². The lowest BCUT2D eigenvalue weighted by atomic mass is 10.1. The number of hydrogen-bond donors (Lipinski definition) is 1. The van der Waals surface area contributed by atoms with Crippen molar-refractivity contribution in [1.29, 1.82) is 0 Å². The molecule has 2 aromatic heterocycles. The molecule has 1 aromatic carbocycles. The predicted octanol–water partition coefficient (Wildman–Crippen LogP) is 2.97. The largest absolute Gasteiger partial charge is 0.479 e. The average molecular weight is 363 g/mol. The fourth-order valence-electron chi connectivity index (χ4n) is 2.75. The van der Waals surface area contributed by atoms with Gasteiger partial charge >= 0.3 is 0 Å². The zero-order chi connectivity index (χ0) is 19.1. The van der Waals surface area contributed by atoms with E-state index in [9.17, 15) is 4.79 Å². The lowest BCUT2D eigenvalue weighted by molar-refractivity contribution is -0.120. The van der Waals surface area contributed by atoms with Gasteiger partial charge in [-0.3, -0.25) is 9.78 Å². The molecule has 0 saturated heterocycles. The fourth-order valence-corrected chi connectivity index (χ4v) is 2.75. The molecule has 0 atom stereocenters. The molecule has 3 aromatic rings. The molecule has 0 saturated carbocycles. The van der Waals surface area contributed by atoms with Gasteiger partial charge in [0.05, 0.1) is 12.2 Å². The van der Waals surface area contributed by atoms with Gasteiger partial charge in [0.15, 0.2) is 0 Å². The average Bonchev–Trinajstić information content (AvgIpc) is 3.00. The molecule has 1 amide bonds. The summed E-state index contributed by atoms with van der Waals surface area (Å²) in [7, 11) is 0. The Bertz CT molecular complexity index is 974. The second-order valence-electron chi connectivity index (χ2n) is 6.05. The summed E-state index contributed by atoms with van der Waals surface area (Å²) in [4.78, 5) is 16.2. The van der Waals surface area contributed by atoms with Gasteiger partial charge in [0.2, 0.25) is 5.91 Å². The summed E-state index contributed by atoms with van der Waals surface area (Å²) < 4.78 is 10.8. The highest BCUT2D eigenvalue weighted by molar-refractivity contribution is 5.84. The number of nitrogens with zero attached hydrogens (tertiary/aromatic N) is 2. The van der Waals surface area contributed by atoms with Crippen LogP contribution in [0.15, 0.2) is 41.1 Å². The van der Waals surface area contributed by atoms with Gasteiger partial charge in [-0.25, -0.2) is 0 Å². The molecular formula is C21H21N3O3. The van der Waals surface area contributed by atoms with E-state index in [4.69, 9.17) is 9.26 Å². The van der Waals surface area contributed by atoms with Crippen LogP contribution < -0.4 is 10.1 Å². The van der Waals surface area contributed by atoms with Crippen LogP contribution in [-0.2, 0) is 11.2 Å². The van der Waals surface area contributed by atoms with Gasteiger partial charge < -0.3 is 14.6 Å². The van der Waals surface area contributed by atoms with Crippen molar-refractivity contribution in [3.05, 3.63) is 53.5 Å². The number of rotatable bonds is 6. The third-order valence-electron chi connectivity index (χ3n) is 4.18. The Hall–Kier alpha value is -3.33. The monoisotopic (exact) mass is 363 g/mol. The van der Waals surface area contributed by atoms with E-state index in [-0.39, 0.29) is 19.1 Å². The number of aryl methyl sites for hydroxylation is 2. The molecule has 0 radical (unpaired) electrons. The van der Waals surface area contributed by atoms with Gasteiger partial charge in [-0.2, -0.15) is 0 Å². The normalized spacial score (nSPS) is 10.3. The lowest BCUT2D eigenvalue weighted by Gasteiger charge is -2.05. The molecule has 0 bridgehead atoms. The first-order chi connectivity index (χ1) is 13.1. The lowest BCUT2D eigenvalue weighted by Crippen LogP contribution is -2.24. The quantitative estimate of drug-likeness (QED) is 0.681. The molecule has 0 aliphatic rings. The number of amides is 1.